The van der Waals surface area contributed by atoms with Crippen LogP contribution in [0.25, 0.3) is 16.8 Å². The minimum atomic E-state index is -0.605. The van der Waals surface area contributed by atoms with Crippen LogP contribution in [0.3, 0.4) is 0 Å². The Bertz CT molecular complexity index is 989. The first-order valence-electron chi connectivity index (χ1n) is 8.45. The van der Waals surface area contributed by atoms with Crippen molar-refractivity contribution in [3.05, 3.63) is 90.0 Å². The summed E-state index contributed by atoms with van der Waals surface area (Å²) in [5.74, 6) is -0.380. The number of carbonyl (C=O) groups is 2. The number of rotatable bonds is 3. The molecule has 26 heavy (non-hydrogen) atoms. The quantitative estimate of drug-likeness (QED) is 0.654. The lowest BCUT2D eigenvalue weighted by atomic mass is 10.0. The Hall–Kier alpha value is -3.40. The molecule has 3 aromatic carbocycles. The SMILES string of the molecule is O=C(C=Cc1cccc2ccccc12)N1C(=O)OCC1c1ccccc1. The summed E-state index contributed by atoms with van der Waals surface area (Å²) in [7, 11) is 0. The van der Waals surface area contributed by atoms with Gasteiger partial charge in [-0.2, -0.15) is 0 Å². The maximum Gasteiger partial charge on any atom is 0.417 e. The van der Waals surface area contributed by atoms with Crippen LogP contribution in [0.1, 0.15) is 17.2 Å². The van der Waals surface area contributed by atoms with Crippen molar-refractivity contribution in [2.45, 2.75) is 6.04 Å². The fraction of sp³-hybridized carbons (Fsp3) is 0.0909. The first-order chi connectivity index (χ1) is 12.7. The van der Waals surface area contributed by atoms with Crippen LogP contribution in [0.2, 0.25) is 0 Å². The maximum absolute atomic E-state index is 12.7. The zero-order chi connectivity index (χ0) is 17.9. The van der Waals surface area contributed by atoms with E-state index in [4.69, 9.17) is 4.74 Å². The molecule has 128 valence electrons. The highest BCUT2D eigenvalue weighted by atomic mass is 16.6. The van der Waals surface area contributed by atoms with Crippen molar-refractivity contribution in [2.75, 3.05) is 6.61 Å². The van der Waals surface area contributed by atoms with Crippen LogP contribution < -0.4 is 0 Å². The van der Waals surface area contributed by atoms with Crippen molar-refractivity contribution < 1.29 is 14.3 Å². The lowest BCUT2D eigenvalue weighted by Gasteiger charge is -2.18. The van der Waals surface area contributed by atoms with Gasteiger partial charge in [-0.25, -0.2) is 9.69 Å². The second-order valence-corrected chi connectivity index (χ2v) is 6.11. The number of imide groups is 1. The second kappa shape index (κ2) is 6.84. The molecule has 0 radical (unpaired) electrons. The van der Waals surface area contributed by atoms with Gasteiger partial charge in [-0.05, 0) is 28.0 Å². The molecule has 0 bridgehead atoms. The van der Waals surface area contributed by atoms with Crippen molar-refractivity contribution in [3.63, 3.8) is 0 Å². The van der Waals surface area contributed by atoms with Gasteiger partial charge in [0.15, 0.2) is 0 Å². The molecule has 0 aromatic heterocycles. The van der Waals surface area contributed by atoms with E-state index in [0.29, 0.717) is 0 Å². The molecule has 0 N–H and O–H groups in total. The molecule has 1 heterocycles. The average molecular weight is 343 g/mol. The lowest BCUT2D eigenvalue weighted by molar-refractivity contribution is -0.124. The summed E-state index contributed by atoms with van der Waals surface area (Å²) >= 11 is 0. The Morgan fingerprint density at radius 2 is 1.69 bits per heavy atom. The lowest BCUT2D eigenvalue weighted by Crippen LogP contribution is -2.32. The van der Waals surface area contributed by atoms with E-state index < -0.39 is 12.1 Å². The van der Waals surface area contributed by atoms with Crippen molar-refractivity contribution in [3.8, 4) is 0 Å². The van der Waals surface area contributed by atoms with E-state index >= 15 is 0 Å². The highest BCUT2D eigenvalue weighted by molar-refractivity contribution is 6.03. The first-order valence-corrected chi connectivity index (χ1v) is 8.45. The summed E-state index contributed by atoms with van der Waals surface area (Å²) in [5, 5.41) is 2.16. The number of nitrogens with zero attached hydrogens (tertiary/aromatic N) is 1. The van der Waals surface area contributed by atoms with Crippen LogP contribution in [0, 0.1) is 0 Å². The van der Waals surface area contributed by atoms with Gasteiger partial charge in [-0.3, -0.25) is 4.79 Å². The number of fused-ring (bicyclic) bond motifs is 1. The van der Waals surface area contributed by atoms with Crippen LogP contribution in [0.4, 0.5) is 4.79 Å². The largest absolute Gasteiger partial charge is 0.446 e. The average Bonchev–Trinajstić information content (AvgIpc) is 3.08. The highest BCUT2D eigenvalue weighted by Gasteiger charge is 2.37. The van der Waals surface area contributed by atoms with E-state index in [1.807, 2.05) is 72.8 Å². The number of benzene rings is 3. The Morgan fingerprint density at radius 3 is 2.54 bits per heavy atom. The third-order valence-electron chi connectivity index (χ3n) is 4.52. The summed E-state index contributed by atoms with van der Waals surface area (Å²) in [6.45, 7) is 0.177. The molecule has 0 saturated carbocycles. The normalized spacial score (nSPS) is 17.0. The van der Waals surface area contributed by atoms with E-state index in [2.05, 4.69) is 0 Å². The molecule has 2 amide bonds. The molecular formula is C22H17NO3. The number of ether oxygens (including phenoxy) is 1. The zero-order valence-corrected chi connectivity index (χ0v) is 14.0. The van der Waals surface area contributed by atoms with Gasteiger partial charge in [0, 0.05) is 6.08 Å². The topological polar surface area (TPSA) is 46.6 Å². The number of cyclic esters (lactones) is 1. The minimum Gasteiger partial charge on any atom is -0.446 e. The standard InChI is InChI=1S/C22H17NO3/c24-21(14-13-17-11-6-10-16-7-4-5-12-19(16)17)23-20(15-26-22(23)25)18-8-2-1-3-9-18/h1-14,20H,15H2. The Labute approximate surface area is 151 Å². The predicted molar refractivity (Wildman–Crippen MR) is 100 cm³/mol. The van der Waals surface area contributed by atoms with Crippen LogP contribution in [-0.2, 0) is 9.53 Å². The molecule has 1 saturated heterocycles. The van der Waals surface area contributed by atoms with E-state index in [1.54, 1.807) is 6.08 Å². The molecule has 4 rings (SSSR count). The van der Waals surface area contributed by atoms with Crippen molar-refractivity contribution in [1.82, 2.24) is 4.90 Å². The zero-order valence-electron chi connectivity index (χ0n) is 14.0. The molecule has 4 heteroatoms. The van der Waals surface area contributed by atoms with Crippen LogP contribution in [-0.4, -0.2) is 23.5 Å². The first kappa shape index (κ1) is 16.1. The van der Waals surface area contributed by atoms with E-state index in [1.165, 1.54) is 11.0 Å². The maximum atomic E-state index is 12.7. The predicted octanol–water partition coefficient (Wildman–Crippen LogP) is 4.57. The summed E-state index contributed by atoms with van der Waals surface area (Å²) in [6, 6.07) is 22.9. The molecule has 3 aromatic rings. The van der Waals surface area contributed by atoms with Crippen molar-refractivity contribution in [1.29, 1.82) is 0 Å². The molecule has 1 aliphatic heterocycles. The fourth-order valence-corrected chi connectivity index (χ4v) is 3.22. The van der Waals surface area contributed by atoms with Gasteiger partial charge in [-0.1, -0.05) is 72.8 Å². The smallest absolute Gasteiger partial charge is 0.417 e. The van der Waals surface area contributed by atoms with E-state index in [9.17, 15) is 9.59 Å². The van der Waals surface area contributed by atoms with E-state index in [0.717, 1.165) is 21.9 Å². The molecule has 1 unspecified atom stereocenters. The van der Waals surface area contributed by atoms with Gasteiger partial charge >= 0.3 is 6.09 Å². The Balaban J connectivity index is 1.62. The van der Waals surface area contributed by atoms with Gasteiger partial charge in [-0.15, -0.1) is 0 Å². The number of hydrogen-bond donors (Lipinski definition) is 0. The summed E-state index contributed by atoms with van der Waals surface area (Å²) in [6.07, 6.45) is 2.58. The van der Waals surface area contributed by atoms with Crippen molar-refractivity contribution >= 4 is 28.8 Å². The van der Waals surface area contributed by atoms with Gasteiger partial charge in [0.05, 0.1) is 0 Å². The summed E-state index contributed by atoms with van der Waals surface area (Å²) in [4.78, 5) is 25.9. The number of amides is 2. The fourth-order valence-electron chi connectivity index (χ4n) is 3.22. The number of carbonyl (C=O) groups excluding carboxylic acids is 2. The van der Waals surface area contributed by atoms with Gasteiger partial charge in [0.1, 0.15) is 12.6 Å². The monoisotopic (exact) mass is 343 g/mol. The molecule has 0 aliphatic carbocycles. The summed E-state index contributed by atoms with van der Waals surface area (Å²) in [5.41, 5.74) is 1.81. The molecule has 0 spiro atoms. The minimum absolute atomic E-state index is 0.177. The third-order valence-corrected chi connectivity index (χ3v) is 4.52. The van der Waals surface area contributed by atoms with Crippen LogP contribution >= 0.6 is 0 Å². The molecule has 1 aliphatic rings. The summed E-state index contributed by atoms with van der Waals surface area (Å²) < 4.78 is 5.11. The van der Waals surface area contributed by atoms with Gasteiger partial charge < -0.3 is 4.74 Å². The van der Waals surface area contributed by atoms with E-state index in [-0.39, 0.29) is 12.5 Å². The third kappa shape index (κ3) is 2.97. The van der Waals surface area contributed by atoms with Gasteiger partial charge in [0.25, 0.3) is 5.91 Å². The Morgan fingerprint density at radius 1 is 0.962 bits per heavy atom. The second-order valence-electron chi connectivity index (χ2n) is 6.11. The van der Waals surface area contributed by atoms with Crippen molar-refractivity contribution in [2.24, 2.45) is 0 Å². The van der Waals surface area contributed by atoms with Gasteiger partial charge in [0.2, 0.25) is 0 Å². The molecule has 1 atom stereocenters. The van der Waals surface area contributed by atoms with Crippen LogP contribution in [0.5, 0.6) is 0 Å². The highest BCUT2D eigenvalue weighted by Crippen LogP contribution is 2.28. The molecule has 1 fully saturated rings. The molecular weight excluding hydrogens is 326 g/mol. The molecule has 4 nitrogen and oxygen atoms in total. The Kier molecular flexibility index (Phi) is 4.23. The van der Waals surface area contributed by atoms with Crippen LogP contribution in [0.15, 0.2) is 78.9 Å². The number of hydrogen-bond acceptors (Lipinski definition) is 3.